The number of aryl methyl sites for hydroxylation is 1. The zero-order valence-electron chi connectivity index (χ0n) is 17.1. The van der Waals surface area contributed by atoms with Gasteiger partial charge in [-0.25, -0.2) is 8.42 Å². The first-order chi connectivity index (χ1) is 14.5. The van der Waals surface area contributed by atoms with Crippen molar-refractivity contribution in [1.82, 2.24) is 14.5 Å². The molecule has 0 amide bonds. The summed E-state index contributed by atoms with van der Waals surface area (Å²) in [7, 11) is -2.15. The van der Waals surface area contributed by atoms with Gasteiger partial charge in [-0.3, -0.25) is 0 Å². The minimum absolute atomic E-state index is 0.0614. The second-order valence-corrected chi connectivity index (χ2v) is 10.6. The molecule has 0 bridgehead atoms. The predicted molar refractivity (Wildman–Crippen MR) is 118 cm³/mol. The lowest BCUT2D eigenvalue weighted by Crippen LogP contribution is -2.39. The van der Waals surface area contributed by atoms with Crippen LogP contribution in [0.15, 0.2) is 53.4 Å². The molecule has 1 aromatic heterocycles. The summed E-state index contributed by atoms with van der Waals surface area (Å²) in [4.78, 5) is 0.229. The highest BCUT2D eigenvalue weighted by Crippen LogP contribution is 2.34. The number of hydrogen-bond donors (Lipinski definition) is 0. The fourth-order valence-corrected chi connectivity index (χ4v) is 6.53. The minimum atomic E-state index is -3.65. The Morgan fingerprint density at radius 3 is 2.73 bits per heavy atom. The summed E-state index contributed by atoms with van der Waals surface area (Å²) in [6, 6.07) is 15.4. The summed E-state index contributed by atoms with van der Waals surface area (Å²) in [5.74, 6) is 0.440. The lowest BCUT2D eigenvalue weighted by molar-refractivity contribution is 0.312. The normalized spacial score (nSPS) is 17.7. The number of methoxy groups -OCH3 is 1. The first-order valence-corrected chi connectivity index (χ1v) is 12.2. The number of benzene rings is 2. The van der Waals surface area contributed by atoms with Crippen LogP contribution in [0.25, 0.3) is 0 Å². The Labute approximate surface area is 181 Å². The van der Waals surface area contributed by atoms with Crippen LogP contribution in [0.2, 0.25) is 0 Å². The largest absolute Gasteiger partial charge is 0.495 e. The number of hydrogen-bond acceptors (Lipinski definition) is 6. The topological polar surface area (TPSA) is 72.4 Å². The summed E-state index contributed by atoms with van der Waals surface area (Å²) in [5.41, 5.74) is 2.08. The van der Waals surface area contributed by atoms with Gasteiger partial charge in [-0.15, -0.1) is 21.5 Å². The van der Waals surface area contributed by atoms with Crippen LogP contribution in [-0.4, -0.2) is 43.1 Å². The highest BCUT2D eigenvalue weighted by molar-refractivity contribution is 7.89. The summed E-state index contributed by atoms with van der Waals surface area (Å²) < 4.78 is 33.6. The van der Waals surface area contributed by atoms with Gasteiger partial charge < -0.3 is 4.74 Å². The van der Waals surface area contributed by atoms with Crippen LogP contribution in [0.5, 0.6) is 5.75 Å². The van der Waals surface area contributed by atoms with Crippen molar-refractivity contribution < 1.29 is 13.2 Å². The fraction of sp³-hybridized carbons (Fsp3) is 0.364. The monoisotopic (exact) mass is 443 g/mol. The zero-order chi connectivity index (χ0) is 21.1. The van der Waals surface area contributed by atoms with Crippen molar-refractivity contribution in [1.29, 1.82) is 0 Å². The van der Waals surface area contributed by atoms with E-state index in [9.17, 15) is 8.42 Å². The number of aromatic nitrogens is 2. The Hall–Kier alpha value is -2.29. The maximum absolute atomic E-state index is 13.4. The molecule has 0 saturated carbocycles. The van der Waals surface area contributed by atoms with Crippen LogP contribution < -0.4 is 4.74 Å². The molecule has 30 heavy (non-hydrogen) atoms. The number of sulfonamides is 1. The first-order valence-electron chi connectivity index (χ1n) is 9.98. The van der Waals surface area contributed by atoms with Gasteiger partial charge in [0.2, 0.25) is 10.0 Å². The molecule has 2 aromatic carbocycles. The molecule has 1 saturated heterocycles. The Morgan fingerprint density at radius 1 is 1.17 bits per heavy atom. The van der Waals surface area contributed by atoms with E-state index in [1.165, 1.54) is 12.7 Å². The highest BCUT2D eigenvalue weighted by atomic mass is 32.2. The van der Waals surface area contributed by atoms with E-state index in [0.29, 0.717) is 18.8 Å². The smallest absolute Gasteiger partial charge is 0.246 e. The Balaban J connectivity index is 1.53. The number of ether oxygens (including phenoxy) is 1. The third-order valence-electron chi connectivity index (χ3n) is 5.35. The summed E-state index contributed by atoms with van der Waals surface area (Å²) >= 11 is 1.58. The molecule has 0 aliphatic carbocycles. The van der Waals surface area contributed by atoms with Crippen molar-refractivity contribution >= 4 is 21.4 Å². The summed E-state index contributed by atoms with van der Waals surface area (Å²) in [5, 5.41) is 10.6. The van der Waals surface area contributed by atoms with E-state index in [1.54, 1.807) is 27.8 Å². The third-order valence-corrected chi connectivity index (χ3v) is 8.32. The lowest BCUT2D eigenvalue weighted by Gasteiger charge is -2.31. The van der Waals surface area contributed by atoms with Crippen LogP contribution in [0, 0.1) is 6.92 Å². The molecule has 2 heterocycles. The number of nitrogens with zero attached hydrogens (tertiary/aromatic N) is 3. The fourth-order valence-electron chi connectivity index (χ4n) is 3.76. The molecular weight excluding hydrogens is 418 g/mol. The minimum Gasteiger partial charge on any atom is -0.495 e. The average molecular weight is 444 g/mol. The van der Waals surface area contributed by atoms with Crippen molar-refractivity contribution in [3.8, 4) is 5.75 Å². The van der Waals surface area contributed by atoms with E-state index in [1.807, 2.05) is 31.2 Å². The van der Waals surface area contributed by atoms with Gasteiger partial charge in [0.15, 0.2) is 0 Å². The molecule has 8 heteroatoms. The number of rotatable bonds is 6. The maximum atomic E-state index is 13.4. The van der Waals surface area contributed by atoms with E-state index in [-0.39, 0.29) is 10.8 Å². The van der Waals surface area contributed by atoms with Gasteiger partial charge in [-0.2, -0.15) is 4.31 Å². The molecule has 0 N–H and O–H groups in total. The molecule has 3 aromatic rings. The Morgan fingerprint density at radius 2 is 1.97 bits per heavy atom. The third kappa shape index (κ3) is 4.40. The molecule has 1 unspecified atom stereocenters. The van der Waals surface area contributed by atoms with Crippen LogP contribution in [0.4, 0.5) is 0 Å². The summed E-state index contributed by atoms with van der Waals surface area (Å²) in [6.45, 7) is 2.80. The van der Waals surface area contributed by atoms with E-state index in [2.05, 4.69) is 22.3 Å². The van der Waals surface area contributed by atoms with Gasteiger partial charge >= 0.3 is 0 Å². The van der Waals surface area contributed by atoms with Gasteiger partial charge in [-0.05, 0) is 43.0 Å². The number of piperidine rings is 1. The maximum Gasteiger partial charge on any atom is 0.246 e. The molecule has 1 aliphatic rings. The van der Waals surface area contributed by atoms with Crippen LogP contribution in [-0.2, 0) is 16.4 Å². The van der Waals surface area contributed by atoms with Crippen LogP contribution >= 0.6 is 11.3 Å². The zero-order valence-corrected chi connectivity index (χ0v) is 18.7. The Kier molecular flexibility index (Phi) is 6.17. The van der Waals surface area contributed by atoms with Crippen molar-refractivity contribution in [3.05, 3.63) is 69.7 Å². The average Bonchev–Trinajstić information content (AvgIpc) is 3.23. The summed E-state index contributed by atoms with van der Waals surface area (Å²) in [6.07, 6.45) is 2.45. The van der Waals surface area contributed by atoms with Gasteiger partial charge in [0.05, 0.1) is 7.11 Å². The van der Waals surface area contributed by atoms with Crippen molar-refractivity contribution in [3.63, 3.8) is 0 Å². The molecular formula is C22H25N3O3S2. The van der Waals surface area contributed by atoms with Crippen molar-refractivity contribution in [2.24, 2.45) is 0 Å². The molecule has 158 valence electrons. The van der Waals surface area contributed by atoms with Crippen LogP contribution in [0.3, 0.4) is 0 Å². The lowest BCUT2D eigenvalue weighted by atomic mass is 10.0. The van der Waals surface area contributed by atoms with Crippen molar-refractivity contribution in [2.75, 3.05) is 20.2 Å². The molecule has 1 aliphatic heterocycles. The van der Waals surface area contributed by atoms with Gasteiger partial charge in [0.25, 0.3) is 0 Å². The quantitative estimate of drug-likeness (QED) is 0.575. The Bertz CT molecular complexity index is 1110. The SMILES string of the molecule is COc1ccc(C)cc1S(=O)(=O)N1CCCC(c2nnc(Cc3ccccc3)s2)C1. The molecule has 6 nitrogen and oxygen atoms in total. The van der Waals surface area contributed by atoms with Gasteiger partial charge in [-0.1, -0.05) is 36.4 Å². The second kappa shape index (κ2) is 8.83. The van der Waals surface area contributed by atoms with E-state index < -0.39 is 10.0 Å². The van der Waals surface area contributed by atoms with Gasteiger partial charge in [0, 0.05) is 25.4 Å². The molecule has 1 fully saturated rings. The first kappa shape index (κ1) is 21.0. The van der Waals surface area contributed by atoms with E-state index >= 15 is 0 Å². The predicted octanol–water partition coefficient (Wildman–Crippen LogP) is 4.01. The standard InChI is InChI=1S/C22H25N3O3S2/c1-16-10-11-19(28-2)20(13-16)30(26,27)25-12-6-9-18(15-25)22-24-23-21(29-22)14-17-7-4-3-5-8-17/h3-5,7-8,10-11,13,18H,6,9,12,14-15H2,1-2H3. The molecule has 0 spiro atoms. The highest BCUT2D eigenvalue weighted by Gasteiger charge is 2.34. The van der Waals surface area contributed by atoms with Gasteiger partial charge in [0.1, 0.15) is 20.7 Å². The second-order valence-electron chi connectivity index (χ2n) is 7.55. The molecule has 1 atom stereocenters. The van der Waals surface area contributed by atoms with E-state index in [0.717, 1.165) is 34.8 Å². The molecule has 0 radical (unpaired) electrons. The van der Waals surface area contributed by atoms with Crippen molar-refractivity contribution in [2.45, 2.75) is 37.0 Å². The van der Waals surface area contributed by atoms with Crippen LogP contribution in [0.1, 0.15) is 39.9 Å². The van der Waals surface area contributed by atoms with E-state index in [4.69, 9.17) is 4.74 Å². The molecule has 4 rings (SSSR count).